The second-order valence-electron chi connectivity index (χ2n) is 4.97. The molecule has 112 valence electrons. The molecule has 0 bridgehead atoms. The average Bonchev–Trinajstić information content (AvgIpc) is 2.91. The number of carbonyl (C=O) groups excluding carboxylic acids is 1. The number of para-hydroxylation sites is 1. The highest BCUT2D eigenvalue weighted by Crippen LogP contribution is 2.18. The van der Waals surface area contributed by atoms with Gasteiger partial charge in [-0.1, -0.05) is 35.9 Å². The van der Waals surface area contributed by atoms with Gasteiger partial charge in [-0.15, -0.1) is 0 Å². The van der Waals surface area contributed by atoms with Crippen molar-refractivity contribution in [2.24, 2.45) is 0 Å². The molecule has 3 rings (SSSR count). The molecule has 0 saturated heterocycles. The van der Waals surface area contributed by atoms with Crippen LogP contribution >= 0.6 is 11.6 Å². The molecule has 3 aromatic rings. The normalized spacial score (nSPS) is 10.8. The highest BCUT2D eigenvalue weighted by Gasteiger charge is 2.11. The van der Waals surface area contributed by atoms with E-state index in [1.54, 1.807) is 24.3 Å². The molecule has 1 heterocycles. The summed E-state index contributed by atoms with van der Waals surface area (Å²) >= 11 is 5.91. The van der Waals surface area contributed by atoms with Crippen molar-refractivity contribution in [2.75, 3.05) is 0 Å². The average molecular weight is 314 g/mol. The summed E-state index contributed by atoms with van der Waals surface area (Å²) in [6.45, 7) is 3.23. The smallest absolute Gasteiger partial charge is 0.251 e. The minimum absolute atomic E-state index is 0.155. The van der Waals surface area contributed by atoms with Gasteiger partial charge in [0.25, 0.3) is 5.91 Å². The van der Waals surface area contributed by atoms with Gasteiger partial charge in [-0.2, -0.15) is 5.10 Å². The van der Waals surface area contributed by atoms with E-state index in [0.717, 1.165) is 23.1 Å². The number of nitrogens with one attached hydrogen (secondary N) is 1. The number of fused-ring (bicyclic) bond motifs is 1. The molecule has 0 aliphatic rings. The van der Waals surface area contributed by atoms with Gasteiger partial charge in [-0.25, -0.2) is 0 Å². The Hall–Kier alpha value is -2.33. The lowest BCUT2D eigenvalue weighted by Gasteiger charge is -2.04. The number of halogens is 1. The fourth-order valence-electron chi connectivity index (χ4n) is 2.46. The molecule has 1 aromatic heterocycles. The van der Waals surface area contributed by atoms with E-state index in [1.165, 1.54) is 0 Å². The molecule has 0 spiro atoms. The molecule has 2 aromatic carbocycles. The number of amides is 1. The van der Waals surface area contributed by atoms with E-state index < -0.39 is 0 Å². The number of carbonyl (C=O) groups is 1. The van der Waals surface area contributed by atoms with Crippen LogP contribution in [0.15, 0.2) is 48.5 Å². The Morgan fingerprint density at radius 1 is 1.23 bits per heavy atom. The molecule has 0 aliphatic carbocycles. The second-order valence-corrected chi connectivity index (χ2v) is 5.41. The highest BCUT2D eigenvalue weighted by molar-refractivity contribution is 6.30. The standard InChI is InChI=1S/C17H16ClN3O/c1-2-21-16-9-4-3-8-14(16)15(20-21)11-19-17(22)12-6-5-7-13(18)10-12/h3-10H,2,11H2,1H3,(H,19,22). The number of nitrogens with zero attached hydrogens (tertiary/aromatic N) is 2. The van der Waals surface area contributed by atoms with Crippen LogP contribution in [0.3, 0.4) is 0 Å². The van der Waals surface area contributed by atoms with E-state index in [-0.39, 0.29) is 5.91 Å². The first-order valence-electron chi connectivity index (χ1n) is 7.17. The molecular weight excluding hydrogens is 298 g/mol. The minimum Gasteiger partial charge on any atom is -0.346 e. The largest absolute Gasteiger partial charge is 0.346 e. The summed E-state index contributed by atoms with van der Waals surface area (Å²) in [5, 5.41) is 9.08. The molecule has 22 heavy (non-hydrogen) atoms. The maximum absolute atomic E-state index is 12.2. The van der Waals surface area contributed by atoms with Gasteiger partial charge >= 0.3 is 0 Å². The summed E-state index contributed by atoms with van der Waals surface area (Å²) in [6.07, 6.45) is 0. The molecule has 0 atom stereocenters. The van der Waals surface area contributed by atoms with Gasteiger partial charge in [0.15, 0.2) is 0 Å². The summed E-state index contributed by atoms with van der Waals surface area (Å²) in [5.41, 5.74) is 2.50. The summed E-state index contributed by atoms with van der Waals surface area (Å²) in [4.78, 5) is 12.2. The highest BCUT2D eigenvalue weighted by atomic mass is 35.5. The van der Waals surface area contributed by atoms with Crippen LogP contribution in [0.4, 0.5) is 0 Å². The van der Waals surface area contributed by atoms with Gasteiger partial charge < -0.3 is 5.32 Å². The summed E-state index contributed by atoms with van der Waals surface area (Å²) in [5.74, 6) is -0.155. The Morgan fingerprint density at radius 2 is 2.05 bits per heavy atom. The Kier molecular flexibility index (Phi) is 4.11. The predicted octanol–water partition coefficient (Wildman–Crippen LogP) is 3.64. The Bertz CT molecular complexity index is 826. The van der Waals surface area contributed by atoms with E-state index in [0.29, 0.717) is 17.1 Å². The fraction of sp³-hybridized carbons (Fsp3) is 0.176. The zero-order valence-corrected chi connectivity index (χ0v) is 13.0. The van der Waals surface area contributed by atoms with Crippen LogP contribution in [0.5, 0.6) is 0 Å². The summed E-state index contributed by atoms with van der Waals surface area (Å²) < 4.78 is 1.94. The van der Waals surface area contributed by atoms with E-state index in [1.807, 2.05) is 35.9 Å². The molecule has 5 heteroatoms. The van der Waals surface area contributed by atoms with Crippen molar-refractivity contribution in [2.45, 2.75) is 20.0 Å². The number of hydrogen-bond donors (Lipinski definition) is 1. The number of benzene rings is 2. The van der Waals surface area contributed by atoms with Crippen LogP contribution in [0, 0.1) is 0 Å². The number of rotatable bonds is 4. The van der Waals surface area contributed by atoms with Crippen LogP contribution < -0.4 is 5.32 Å². The van der Waals surface area contributed by atoms with Crippen LogP contribution in [0.2, 0.25) is 5.02 Å². The lowest BCUT2D eigenvalue weighted by atomic mass is 10.2. The van der Waals surface area contributed by atoms with E-state index in [2.05, 4.69) is 10.4 Å². The lowest BCUT2D eigenvalue weighted by Crippen LogP contribution is -2.23. The molecule has 0 radical (unpaired) electrons. The van der Waals surface area contributed by atoms with Gasteiger partial charge in [-0.3, -0.25) is 9.48 Å². The SMILES string of the molecule is CCn1nc(CNC(=O)c2cccc(Cl)c2)c2ccccc21. The van der Waals surface area contributed by atoms with Crippen molar-refractivity contribution in [1.29, 1.82) is 0 Å². The van der Waals surface area contributed by atoms with Gasteiger partial charge in [0.05, 0.1) is 17.8 Å². The fourth-order valence-corrected chi connectivity index (χ4v) is 2.65. The Labute approximate surface area is 133 Å². The maximum atomic E-state index is 12.2. The van der Waals surface area contributed by atoms with E-state index in [9.17, 15) is 4.79 Å². The first kappa shape index (κ1) is 14.6. The number of aromatic nitrogens is 2. The zero-order chi connectivity index (χ0) is 15.5. The van der Waals surface area contributed by atoms with Gasteiger partial charge in [0.1, 0.15) is 0 Å². The molecule has 0 fully saturated rings. The third kappa shape index (κ3) is 2.83. The summed E-state index contributed by atoms with van der Waals surface area (Å²) in [6, 6.07) is 14.9. The minimum atomic E-state index is -0.155. The third-order valence-electron chi connectivity index (χ3n) is 3.54. The van der Waals surface area contributed by atoms with Crippen LogP contribution in [0.25, 0.3) is 10.9 Å². The van der Waals surface area contributed by atoms with Crippen molar-refractivity contribution < 1.29 is 4.79 Å². The molecule has 0 aliphatic heterocycles. The zero-order valence-electron chi connectivity index (χ0n) is 12.2. The second kappa shape index (κ2) is 6.20. The van der Waals surface area contributed by atoms with Crippen molar-refractivity contribution in [3.8, 4) is 0 Å². The van der Waals surface area contributed by atoms with Gasteiger partial charge in [0, 0.05) is 22.5 Å². The first-order chi connectivity index (χ1) is 10.7. The number of hydrogen-bond acceptors (Lipinski definition) is 2. The number of aryl methyl sites for hydroxylation is 1. The maximum Gasteiger partial charge on any atom is 0.251 e. The van der Waals surface area contributed by atoms with E-state index in [4.69, 9.17) is 11.6 Å². The predicted molar refractivity (Wildman–Crippen MR) is 88.0 cm³/mol. The van der Waals surface area contributed by atoms with Crippen molar-refractivity contribution in [1.82, 2.24) is 15.1 Å². The Morgan fingerprint density at radius 3 is 2.82 bits per heavy atom. The molecule has 1 amide bonds. The third-order valence-corrected chi connectivity index (χ3v) is 3.77. The molecular formula is C17H16ClN3O. The van der Waals surface area contributed by atoms with Crippen molar-refractivity contribution in [3.63, 3.8) is 0 Å². The topological polar surface area (TPSA) is 46.9 Å². The van der Waals surface area contributed by atoms with Crippen LogP contribution in [0.1, 0.15) is 23.0 Å². The first-order valence-corrected chi connectivity index (χ1v) is 7.55. The van der Waals surface area contributed by atoms with Crippen molar-refractivity contribution in [3.05, 3.63) is 64.8 Å². The van der Waals surface area contributed by atoms with Gasteiger partial charge in [-0.05, 0) is 31.2 Å². The Balaban J connectivity index is 1.81. The molecule has 0 unspecified atom stereocenters. The molecule has 4 nitrogen and oxygen atoms in total. The molecule has 0 saturated carbocycles. The van der Waals surface area contributed by atoms with Crippen LogP contribution in [-0.2, 0) is 13.1 Å². The lowest BCUT2D eigenvalue weighted by molar-refractivity contribution is 0.0950. The summed E-state index contributed by atoms with van der Waals surface area (Å²) in [7, 11) is 0. The van der Waals surface area contributed by atoms with Crippen LogP contribution in [-0.4, -0.2) is 15.7 Å². The monoisotopic (exact) mass is 313 g/mol. The molecule has 1 N–H and O–H groups in total. The van der Waals surface area contributed by atoms with Gasteiger partial charge in [0.2, 0.25) is 0 Å². The quantitative estimate of drug-likeness (QED) is 0.799. The van der Waals surface area contributed by atoms with Crippen molar-refractivity contribution >= 4 is 28.4 Å². The van der Waals surface area contributed by atoms with E-state index >= 15 is 0 Å².